The van der Waals surface area contributed by atoms with E-state index < -0.39 is 22.4 Å². The molecule has 3 aromatic rings. The number of likely N-dealkylation sites (N-methyl/N-ethyl adjacent to an activating group) is 1. The Kier molecular flexibility index (Phi) is 6.07. The minimum Gasteiger partial charge on any atom is -0.391 e. The van der Waals surface area contributed by atoms with Gasteiger partial charge in [0.1, 0.15) is 17.8 Å². The largest absolute Gasteiger partial charge is 0.391 e. The topological polar surface area (TPSA) is 130 Å². The third-order valence-corrected chi connectivity index (χ3v) is 8.22. The fraction of sp³-hybridized carbons (Fsp3) is 0.478. The van der Waals surface area contributed by atoms with Gasteiger partial charge < -0.3 is 19.7 Å². The third-order valence-electron chi connectivity index (χ3n) is 7.22. The van der Waals surface area contributed by atoms with Crippen molar-refractivity contribution in [1.82, 2.24) is 18.8 Å². The zero-order valence-corrected chi connectivity index (χ0v) is 19.9. The van der Waals surface area contributed by atoms with Crippen molar-refractivity contribution < 1.29 is 22.8 Å². The Hall–Kier alpha value is -2.57. The molecule has 11 heteroatoms. The summed E-state index contributed by atoms with van der Waals surface area (Å²) in [5, 5.41) is 15.0. The summed E-state index contributed by atoms with van der Waals surface area (Å²) < 4.78 is 40.8. The molecule has 0 unspecified atom stereocenters. The number of nitrogens with zero attached hydrogens (tertiary/aromatic N) is 4. The van der Waals surface area contributed by atoms with Crippen LogP contribution >= 0.6 is 0 Å². The Bertz CT molecular complexity index is 1300. The predicted octanol–water partition coefficient (Wildman–Crippen LogP) is 2.20. The van der Waals surface area contributed by atoms with Crippen molar-refractivity contribution in [2.45, 2.75) is 43.5 Å². The van der Waals surface area contributed by atoms with E-state index in [0.29, 0.717) is 25.1 Å². The molecule has 3 N–H and O–H groups in total. The molecule has 0 spiro atoms. The molecule has 0 bridgehead atoms. The maximum Gasteiger partial charge on any atom is 0.335 e. The molecule has 182 valence electrons. The lowest BCUT2D eigenvalue weighted by Crippen LogP contribution is -2.41. The van der Waals surface area contributed by atoms with Crippen molar-refractivity contribution in [2.75, 3.05) is 26.1 Å². The van der Waals surface area contributed by atoms with E-state index in [4.69, 9.17) is 4.74 Å². The highest BCUT2D eigenvalue weighted by atomic mass is 32.2. The van der Waals surface area contributed by atoms with Gasteiger partial charge in [-0.15, -0.1) is 0 Å². The number of ether oxygens (including phenoxy) is 1. The highest BCUT2D eigenvalue weighted by molar-refractivity contribution is 7.83. The highest BCUT2D eigenvalue weighted by Gasteiger charge is 2.40. The average molecular weight is 488 g/mol. The number of aliphatic hydroxyl groups excluding tert-OH is 1. The number of aliphatic hydroxyl groups is 1. The van der Waals surface area contributed by atoms with Crippen molar-refractivity contribution in [3.05, 3.63) is 54.0 Å². The molecule has 1 fully saturated rings. The minimum atomic E-state index is -4.39. The van der Waals surface area contributed by atoms with E-state index in [0.717, 1.165) is 21.9 Å². The van der Waals surface area contributed by atoms with Gasteiger partial charge in [0.05, 0.1) is 30.2 Å². The summed E-state index contributed by atoms with van der Waals surface area (Å²) in [6.45, 7) is 0.629. The summed E-state index contributed by atoms with van der Waals surface area (Å²) in [6, 6.07) is 9.50. The van der Waals surface area contributed by atoms with Crippen LogP contribution in [0.5, 0.6) is 0 Å². The number of aromatic nitrogens is 3. The molecule has 34 heavy (non-hydrogen) atoms. The van der Waals surface area contributed by atoms with E-state index >= 15 is 0 Å². The summed E-state index contributed by atoms with van der Waals surface area (Å²) in [5.41, 5.74) is 3.25. The molecule has 0 saturated heterocycles. The van der Waals surface area contributed by atoms with Crippen molar-refractivity contribution in [2.24, 2.45) is 5.92 Å². The normalized spacial score (nSPS) is 26.9. The van der Waals surface area contributed by atoms with Crippen LogP contribution < -0.4 is 5.32 Å². The maximum atomic E-state index is 11.6. The Morgan fingerprint density at radius 1 is 1.24 bits per heavy atom. The summed E-state index contributed by atoms with van der Waals surface area (Å²) in [4.78, 5) is 9.01. The number of hydrogen-bond donors (Lipinski definition) is 3. The van der Waals surface area contributed by atoms with Crippen molar-refractivity contribution in [3.8, 4) is 0 Å². The number of anilines is 1. The Morgan fingerprint density at radius 3 is 2.79 bits per heavy atom. The van der Waals surface area contributed by atoms with Crippen LogP contribution in [0.3, 0.4) is 0 Å². The minimum absolute atomic E-state index is 0.0543. The lowest BCUT2D eigenvalue weighted by Gasteiger charge is -2.23. The lowest BCUT2D eigenvalue weighted by atomic mass is 10.0. The van der Waals surface area contributed by atoms with Crippen molar-refractivity contribution in [3.63, 3.8) is 0 Å². The number of nitrogens with one attached hydrogen (secondary N) is 1. The first-order chi connectivity index (χ1) is 16.3. The average Bonchev–Trinajstić information content (AvgIpc) is 3.49. The van der Waals surface area contributed by atoms with Crippen LogP contribution in [0.2, 0.25) is 0 Å². The maximum absolute atomic E-state index is 11.6. The second-order valence-corrected chi connectivity index (χ2v) is 10.6. The van der Waals surface area contributed by atoms with E-state index in [-0.39, 0.29) is 18.0 Å². The molecular formula is C23H29N5O5S. The first kappa shape index (κ1) is 23.2. The fourth-order valence-electron chi connectivity index (χ4n) is 5.53. The number of hydrogen-bond acceptors (Lipinski definition) is 7. The molecule has 1 saturated carbocycles. The first-order valence-electron chi connectivity index (χ1n) is 11.3. The summed E-state index contributed by atoms with van der Waals surface area (Å²) in [5.74, 6) is 0.993. The van der Waals surface area contributed by atoms with Gasteiger partial charge in [-0.2, -0.15) is 12.7 Å². The zero-order valence-electron chi connectivity index (χ0n) is 19.1. The van der Waals surface area contributed by atoms with Crippen LogP contribution in [0.25, 0.3) is 11.0 Å². The van der Waals surface area contributed by atoms with Gasteiger partial charge in [0.25, 0.3) is 0 Å². The van der Waals surface area contributed by atoms with Crippen LogP contribution in [0.15, 0.2) is 42.9 Å². The third kappa shape index (κ3) is 4.07. The number of fused-ring (bicyclic) bond motifs is 2. The zero-order chi connectivity index (χ0) is 24.0. The van der Waals surface area contributed by atoms with Crippen LogP contribution in [0, 0.1) is 5.92 Å². The van der Waals surface area contributed by atoms with E-state index in [1.165, 1.54) is 24.5 Å². The SMILES string of the molecule is COC[C@H]1Cc2ccccc2[C@H]1Nc1ncnc2c1ccn2[C@H]1C[C@H](O)[C@@H](N(C)S(=O)(=O)O)C1. The van der Waals surface area contributed by atoms with Gasteiger partial charge in [-0.3, -0.25) is 4.55 Å². The van der Waals surface area contributed by atoms with Gasteiger partial charge in [0.15, 0.2) is 0 Å². The molecule has 2 aliphatic rings. The molecule has 10 nitrogen and oxygen atoms in total. The quantitative estimate of drug-likeness (QED) is 0.433. The lowest BCUT2D eigenvalue weighted by molar-refractivity contribution is 0.117. The van der Waals surface area contributed by atoms with Gasteiger partial charge in [-0.1, -0.05) is 24.3 Å². The molecule has 2 aliphatic carbocycles. The van der Waals surface area contributed by atoms with Gasteiger partial charge in [0, 0.05) is 32.3 Å². The molecule has 0 radical (unpaired) electrons. The van der Waals surface area contributed by atoms with Gasteiger partial charge in [0.2, 0.25) is 0 Å². The molecule has 1 aromatic carbocycles. The first-order valence-corrected chi connectivity index (χ1v) is 12.7. The van der Waals surface area contributed by atoms with Crippen LogP contribution in [0.4, 0.5) is 5.82 Å². The summed E-state index contributed by atoms with van der Waals surface area (Å²) in [7, 11) is -1.40. The number of methoxy groups -OCH3 is 1. The molecule has 5 rings (SSSR count). The second kappa shape index (κ2) is 8.90. The van der Waals surface area contributed by atoms with Crippen LogP contribution in [0.1, 0.15) is 36.1 Å². The van der Waals surface area contributed by atoms with Crippen LogP contribution in [-0.4, -0.2) is 69.8 Å². The molecule has 2 heterocycles. The summed E-state index contributed by atoms with van der Waals surface area (Å²) >= 11 is 0. The van der Waals surface area contributed by atoms with Crippen LogP contribution in [-0.2, 0) is 21.5 Å². The van der Waals surface area contributed by atoms with Gasteiger partial charge >= 0.3 is 10.3 Å². The fourth-order valence-corrected chi connectivity index (χ4v) is 6.10. The van der Waals surface area contributed by atoms with Crippen molar-refractivity contribution >= 4 is 27.2 Å². The standard InChI is InChI=1S/C23H29N5O5S/c1-27(34(30,31)32)19-10-16(11-20(19)29)28-8-7-18-22(24-13-25-23(18)28)26-21-15(12-33-2)9-14-5-3-4-6-17(14)21/h3-8,13,15-16,19-21,29H,9-12H2,1-2H3,(H,24,25,26)(H,30,31,32)/t15-,16-,19+,20+,21+/m1/s1. The van der Waals surface area contributed by atoms with Gasteiger partial charge in [-0.05, 0) is 36.5 Å². The van der Waals surface area contributed by atoms with E-state index in [9.17, 15) is 18.1 Å². The van der Waals surface area contributed by atoms with E-state index in [2.05, 4.69) is 33.5 Å². The molecule has 2 aromatic heterocycles. The van der Waals surface area contributed by atoms with Crippen molar-refractivity contribution in [1.29, 1.82) is 0 Å². The van der Waals surface area contributed by atoms with E-state index in [1.807, 2.05) is 22.9 Å². The molecule has 0 aliphatic heterocycles. The number of benzene rings is 1. The number of rotatable bonds is 7. The Morgan fingerprint density at radius 2 is 2.03 bits per heavy atom. The Labute approximate surface area is 198 Å². The van der Waals surface area contributed by atoms with E-state index in [1.54, 1.807) is 7.11 Å². The predicted molar refractivity (Wildman–Crippen MR) is 127 cm³/mol. The molecule has 0 amide bonds. The Balaban J connectivity index is 1.44. The highest BCUT2D eigenvalue weighted by Crippen LogP contribution is 2.40. The van der Waals surface area contributed by atoms with Gasteiger partial charge in [-0.25, -0.2) is 9.97 Å². The smallest absolute Gasteiger partial charge is 0.335 e. The molecule has 5 atom stereocenters. The summed E-state index contributed by atoms with van der Waals surface area (Å²) in [6.07, 6.45) is 4.17. The monoisotopic (exact) mass is 487 g/mol. The second-order valence-electron chi connectivity index (χ2n) is 9.18. The molecular weight excluding hydrogens is 458 g/mol.